The van der Waals surface area contributed by atoms with Crippen LogP contribution in [0.1, 0.15) is 33.6 Å². The Morgan fingerprint density at radius 2 is 2.15 bits per heavy atom. The molecule has 0 spiro atoms. The molecular weight excluding hydrogens is 252 g/mol. The van der Waals surface area contributed by atoms with Crippen LogP contribution in [-0.2, 0) is 0 Å². The lowest BCUT2D eigenvalue weighted by molar-refractivity contribution is 0.435. The second-order valence-corrected chi connectivity index (χ2v) is 5.72. The number of aromatic amines is 1. The van der Waals surface area contributed by atoms with Crippen molar-refractivity contribution in [1.82, 2.24) is 20.2 Å². The standard InChI is InChI=1S/C14H22N6/c1-4-15-14-18-12(10-7-16-20-13(10)19-14)17-11-6-5-8(2)9(11)3/h7-9,11H,4-6H2,1-3H3,(H3,15,16,17,18,19,20). The van der Waals surface area contributed by atoms with Gasteiger partial charge in [0, 0.05) is 12.6 Å². The average molecular weight is 274 g/mol. The number of anilines is 2. The Bertz CT molecular complexity index is 592. The predicted molar refractivity (Wildman–Crippen MR) is 80.8 cm³/mol. The fourth-order valence-corrected chi connectivity index (χ4v) is 2.93. The average Bonchev–Trinajstić information content (AvgIpc) is 3.01. The molecule has 0 aliphatic heterocycles. The smallest absolute Gasteiger partial charge is 0.226 e. The minimum Gasteiger partial charge on any atom is -0.366 e. The molecule has 0 radical (unpaired) electrons. The highest BCUT2D eigenvalue weighted by Gasteiger charge is 2.30. The van der Waals surface area contributed by atoms with Crippen molar-refractivity contribution in [2.45, 2.75) is 39.7 Å². The first kappa shape index (κ1) is 13.1. The maximum absolute atomic E-state index is 4.59. The third-order valence-corrected chi connectivity index (χ3v) is 4.43. The molecule has 0 saturated heterocycles. The van der Waals surface area contributed by atoms with E-state index in [-0.39, 0.29) is 0 Å². The topological polar surface area (TPSA) is 78.5 Å². The van der Waals surface area contributed by atoms with E-state index in [1.807, 2.05) is 6.92 Å². The van der Waals surface area contributed by atoms with Crippen molar-refractivity contribution in [2.24, 2.45) is 11.8 Å². The molecule has 6 nitrogen and oxygen atoms in total. The molecule has 0 amide bonds. The molecule has 2 heterocycles. The number of aromatic nitrogens is 4. The van der Waals surface area contributed by atoms with Crippen LogP contribution in [0.4, 0.5) is 11.8 Å². The van der Waals surface area contributed by atoms with Crippen LogP contribution < -0.4 is 10.6 Å². The van der Waals surface area contributed by atoms with E-state index in [4.69, 9.17) is 0 Å². The third-order valence-electron chi connectivity index (χ3n) is 4.43. The Labute approximate surface area is 118 Å². The van der Waals surface area contributed by atoms with Crippen LogP contribution in [0.15, 0.2) is 6.20 Å². The molecule has 1 aliphatic carbocycles. The van der Waals surface area contributed by atoms with E-state index in [1.165, 1.54) is 12.8 Å². The van der Waals surface area contributed by atoms with Gasteiger partial charge < -0.3 is 10.6 Å². The van der Waals surface area contributed by atoms with Crippen molar-refractivity contribution in [2.75, 3.05) is 17.2 Å². The molecule has 2 aromatic heterocycles. The van der Waals surface area contributed by atoms with Gasteiger partial charge in [0.25, 0.3) is 0 Å². The van der Waals surface area contributed by atoms with Gasteiger partial charge in [0.1, 0.15) is 5.82 Å². The van der Waals surface area contributed by atoms with Gasteiger partial charge >= 0.3 is 0 Å². The monoisotopic (exact) mass is 274 g/mol. The zero-order valence-corrected chi connectivity index (χ0v) is 12.3. The van der Waals surface area contributed by atoms with Crippen molar-refractivity contribution < 1.29 is 0 Å². The minimum atomic E-state index is 0.479. The maximum atomic E-state index is 4.59. The number of fused-ring (bicyclic) bond motifs is 1. The van der Waals surface area contributed by atoms with Crippen LogP contribution in [0.2, 0.25) is 0 Å². The normalized spacial score (nSPS) is 26.1. The summed E-state index contributed by atoms with van der Waals surface area (Å²) in [4.78, 5) is 9.01. The third kappa shape index (κ3) is 2.30. The molecule has 3 unspecified atom stereocenters. The summed E-state index contributed by atoms with van der Waals surface area (Å²) < 4.78 is 0. The number of H-pyrrole nitrogens is 1. The zero-order chi connectivity index (χ0) is 14.1. The summed E-state index contributed by atoms with van der Waals surface area (Å²) in [5, 5.41) is 14.7. The van der Waals surface area contributed by atoms with Crippen molar-refractivity contribution in [3.8, 4) is 0 Å². The summed E-state index contributed by atoms with van der Waals surface area (Å²) in [7, 11) is 0. The zero-order valence-electron chi connectivity index (χ0n) is 12.3. The molecule has 3 rings (SSSR count). The first-order chi connectivity index (χ1) is 9.69. The van der Waals surface area contributed by atoms with Crippen LogP contribution in [-0.4, -0.2) is 32.8 Å². The van der Waals surface area contributed by atoms with Crippen molar-refractivity contribution in [3.63, 3.8) is 0 Å². The summed E-state index contributed by atoms with van der Waals surface area (Å²) in [5.41, 5.74) is 0.775. The van der Waals surface area contributed by atoms with Gasteiger partial charge in [0.2, 0.25) is 5.95 Å². The first-order valence-corrected chi connectivity index (χ1v) is 7.40. The van der Waals surface area contributed by atoms with Crippen molar-refractivity contribution >= 4 is 22.8 Å². The van der Waals surface area contributed by atoms with E-state index >= 15 is 0 Å². The molecule has 0 aromatic carbocycles. The first-order valence-electron chi connectivity index (χ1n) is 7.40. The van der Waals surface area contributed by atoms with E-state index in [2.05, 4.69) is 44.6 Å². The highest BCUT2D eigenvalue weighted by molar-refractivity contribution is 5.87. The van der Waals surface area contributed by atoms with Crippen molar-refractivity contribution in [3.05, 3.63) is 6.20 Å². The molecule has 0 bridgehead atoms. The molecule has 108 valence electrons. The summed E-state index contributed by atoms with van der Waals surface area (Å²) >= 11 is 0. The van der Waals surface area contributed by atoms with Gasteiger partial charge in [0.15, 0.2) is 5.65 Å². The van der Waals surface area contributed by atoms with Gasteiger partial charge in [-0.15, -0.1) is 0 Å². The molecular formula is C14H22N6. The lowest BCUT2D eigenvalue weighted by Crippen LogP contribution is -2.25. The second kappa shape index (κ2) is 5.26. The lowest BCUT2D eigenvalue weighted by Gasteiger charge is -2.20. The fraction of sp³-hybridized carbons (Fsp3) is 0.643. The highest BCUT2D eigenvalue weighted by Crippen LogP contribution is 2.34. The molecule has 3 atom stereocenters. The molecule has 6 heteroatoms. The predicted octanol–water partition coefficient (Wildman–Crippen LogP) is 2.63. The van der Waals surface area contributed by atoms with Crippen LogP contribution in [0.25, 0.3) is 11.0 Å². The molecule has 1 saturated carbocycles. The quantitative estimate of drug-likeness (QED) is 0.798. The number of hydrogen-bond acceptors (Lipinski definition) is 5. The summed E-state index contributed by atoms with van der Waals surface area (Å²) in [6.45, 7) is 7.47. The summed E-state index contributed by atoms with van der Waals surface area (Å²) in [6.07, 6.45) is 4.26. The van der Waals surface area contributed by atoms with Gasteiger partial charge in [-0.2, -0.15) is 15.1 Å². The highest BCUT2D eigenvalue weighted by atomic mass is 15.2. The van der Waals surface area contributed by atoms with E-state index in [0.29, 0.717) is 17.9 Å². The van der Waals surface area contributed by atoms with Gasteiger partial charge in [0.05, 0.1) is 11.6 Å². The second-order valence-electron chi connectivity index (χ2n) is 5.72. The van der Waals surface area contributed by atoms with Gasteiger partial charge in [-0.1, -0.05) is 13.8 Å². The largest absolute Gasteiger partial charge is 0.366 e. The van der Waals surface area contributed by atoms with Gasteiger partial charge in [-0.3, -0.25) is 5.10 Å². The van der Waals surface area contributed by atoms with Crippen LogP contribution >= 0.6 is 0 Å². The van der Waals surface area contributed by atoms with Gasteiger partial charge in [-0.25, -0.2) is 0 Å². The molecule has 2 aromatic rings. The number of nitrogens with one attached hydrogen (secondary N) is 3. The van der Waals surface area contributed by atoms with Crippen LogP contribution in [0.3, 0.4) is 0 Å². The minimum absolute atomic E-state index is 0.479. The Balaban J connectivity index is 1.91. The Morgan fingerprint density at radius 3 is 2.85 bits per heavy atom. The van der Waals surface area contributed by atoms with E-state index in [0.717, 1.165) is 29.3 Å². The number of nitrogens with zero attached hydrogens (tertiary/aromatic N) is 3. The van der Waals surface area contributed by atoms with Crippen molar-refractivity contribution in [1.29, 1.82) is 0 Å². The van der Waals surface area contributed by atoms with Crippen LogP contribution in [0.5, 0.6) is 0 Å². The van der Waals surface area contributed by atoms with E-state index < -0.39 is 0 Å². The maximum Gasteiger partial charge on any atom is 0.226 e. The van der Waals surface area contributed by atoms with E-state index in [9.17, 15) is 0 Å². The fourth-order valence-electron chi connectivity index (χ4n) is 2.93. The van der Waals surface area contributed by atoms with E-state index in [1.54, 1.807) is 6.20 Å². The van der Waals surface area contributed by atoms with Crippen LogP contribution in [0, 0.1) is 11.8 Å². The van der Waals surface area contributed by atoms with Gasteiger partial charge in [-0.05, 0) is 31.6 Å². The SMILES string of the molecule is CCNc1nc(NC2CCC(C)C2C)c2cn[nH]c2n1. The Hall–Kier alpha value is -1.85. The summed E-state index contributed by atoms with van der Waals surface area (Å²) in [6, 6.07) is 0.479. The molecule has 3 N–H and O–H groups in total. The lowest BCUT2D eigenvalue weighted by atomic mass is 9.98. The number of rotatable bonds is 4. The molecule has 1 aliphatic rings. The molecule has 20 heavy (non-hydrogen) atoms. The Morgan fingerprint density at radius 1 is 1.30 bits per heavy atom. The molecule has 1 fully saturated rings. The number of hydrogen-bond donors (Lipinski definition) is 3. The Kier molecular flexibility index (Phi) is 3.46. The summed E-state index contributed by atoms with van der Waals surface area (Å²) in [5.74, 6) is 2.95.